The second-order valence-corrected chi connectivity index (χ2v) is 14.5. The molecule has 0 spiro atoms. The smallest absolute Gasteiger partial charge is 0.135 e. The Balaban J connectivity index is 1.41. The summed E-state index contributed by atoms with van der Waals surface area (Å²) in [5.41, 5.74) is 5.41. The molecule has 0 amide bonds. The number of fused-ring (bicyclic) bond motifs is 6. The molecule has 0 aliphatic heterocycles. The van der Waals surface area contributed by atoms with E-state index in [4.69, 9.17) is 4.42 Å². The zero-order valence-corrected chi connectivity index (χ0v) is 25.3. The number of furan rings is 1. The van der Waals surface area contributed by atoms with Crippen molar-refractivity contribution in [3.05, 3.63) is 176 Å². The van der Waals surface area contributed by atoms with Crippen LogP contribution in [0.2, 0.25) is 0 Å². The first-order chi connectivity index (χ1) is 22.3. The van der Waals surface area contributed by atoms with Gasteiger partial charge in [0.2, 0.25) is 0 Å². The predicted octanol–water partition coefficient (Wildman–Crippen LogP) is 12.0. The molecule has 2 aromatic heterocycles. The van der Waals surface area contributed by atoms with Crippen LogP contribution in [0, 0.1) is 0 Å². The van der Waals surface area contributed by atoms with Crippen molar-refractivity contribution in [1.29, 1.82) is 0 Å². The molecule has 0 aliphatic carbocycles. The van der Waals surface area contributed by atoms with Crippen LogP contribution in [0.1, 0.15) is 0 Å². The van der Waals surface area contributed by atoms with Gasteiger partial charge in [0.1, 0.15) is 11.2 Å². The maximum Gasteiger partial charge on any atom is 0.135 e. The van der Waals surface area contributed by atoms with Crippen LogP contribution in [0.3, 0.4) is 0 Å². The molecule has 0 saturated carbocycles. The zero-order chi connectivity index (χ0) is 29.8. The normalized spacial score (nSPS) is 12.4. The molecule has 0 unspecified atom stereocenters. The van der Waals surface area contributed by atoms with Crippen LogP contribution in [0.25, 0.3) is 49.4 Å². The first-order valence-corrected chi connectivity index (χ1v) is 16.9. The molecule has 3 heteroatoms. The van der Waals surface area contributed by atoms with E-state index in [1.807, 2.05) is 6.07 Å². The summed E-state index contributed by atoms with van der Waals surface area (Å²) >= 11 is 0. The second kappa shape index (κ2) is 10.3. The maximum absolute atomic E-state index is 6.29. The van der Waals surface area contributed by atoms with Gasteiger partial charge in [0.15, 0.2) is 0 Å². The van der Waals surface area contributed by atoms with Crippen molar-refractivity contribution in [3.63, 3.8) is 0 Å². The summed E-state index contributed by atoms with van der Waals surface area (Å²) in [5, 5.41) is 4.80. The maximum atomic E-state index is 6.29. The first kappa shape index (κ1) is 25.9. The van der Waals surface area contributed by atoms with Gasteiger partial charge in [0.25, 0.3) is 0 Å². The van der Waals surface area contributed by atoms with E-state index < -0.39 is 10.0 Å². The van der Waals surface area contributed by atoms with E-state index in [1.165, 1.54) is 47.1 Å². The molecule has 2 nitrogen and oxygen atoms in total. The van der Waals surface area contributed by atoms with Crippen molar-refractivity contribution in [3.8, 4) is 5.69 Å². The van der Waals surface area contributed by atoms with Crippen LogP contribution in [0.4, 0.5) is 0 Å². The molecule has 9 aromatic rings. The van der Waals surface area contributed by atoms with E-state index in [-0.39, 0.29) is 0 Å². The monoisotopic (exact) mass is 595 g/mol. The molecule has 0 saturated heterocycles. The van der Waals surface area contributed by atoms with Crippen LogP contribution in [-0.4, -0.2) is 4.57 Å². The molecule has 0 bridgehead atoms. The molecule has 7 aromatic carbocycles. The molecule has 0 aliphatic rings. The number of aromatic nitrogens is 1. The predicted molar refractivity (Wildman–Crippen MR) is 188 cm³/mol. The highest BCUT2D eigenvalue weighted by molar-refractivity contribution is 8.34. The molecule has 0 fully saturated rings. The zero-order valence-electron chi connectivity index (χ0n) is 24.5. The van der Waals surface area contributed by atoms with Crippen molar-refractivity contribution < 1.29 is 4.42 Å². The largest absolute Gasteiger partial charge is 0.456 e. The van der Waals surface area contributed by atoms with Gasteiger partial charge in [-0.2, -0.15) is 0 Å². The lowest BCUT2D eigenvalue weighted by Gasteiger charge is -2.42. The Hall–Kier alpha value is -5.51. The van der Waals surface area contributed by atoms with Crippen LogP contribution >= 0.6 is 10.0 Å². The minimum atomic E-state index is -1.92. The molecule has 0 atom stereocenters. The third-order valence-corrected chi connectivity index (χ3v) is 12.8. The van der Waals surface area contributed by atoms with E-state index in [0.29, 0.717) is 0 Å². The number of hydrogen-bond acceptors (Lipinski definition) is 1. The van der Waals surface area contributed by atoms with Crippen molar-refractivity contribution in [2.75, 3.05) is 0 Å². The molecule has 45 heavy (non-hydrogen) atoms. The SMILES string of the molecule is c1ccc(-n2c3ccccc3c3cc(S(c4ccccc4)(c4ccccc4)c4ccc5oc6ccccc6c5c4)ccc32)cc1. The lowest BCUT2D eigenvalue weighted by Crippen LogP contribution is -2.05. The van der Waals surface area contributed by atoms with Crippen molar-refractivity contribution >= 4 is 53.8 Å². The third-order valence-electron chi connectivity index (χ3n) is 8.91. The standard InChI is InChI=1S/C42H29NOS/c1-4-14-30(15-5-1)43-39-22-12-10-20-35(39)37-28-33(24-26-40(37)43)45(31-16-6-2-7-17-31,32-18-8-3-9-19-32)34-25-27-42-38(29-34)36-21-11-13-23-41(36)44-42/h1-29H. The number of para-hydroxylation sites is 3. The summed E-state index contributed by atoms with van der Waals surface area (Å²) in [6.07, 6.45) is 0. The number of nitrogens with zero attached hydrogens (tertiary/aromatic N) is 1. The molecule has 2 heterocycles. The summed E-state index contributed by atoms with van der Waals surface area (Å²) in [7, 11) is -1.92. The topological polar surface area (TPSA) is 18.1 Å². The summed E-state index contributed by atoms with van der Waals surface area (Å²) in [6.45, 7) is 0. The average molecular weight is 596 g/mol. The number of benzene rings is 7. The van der Waals surface area contributed by atoms with Gasteiger partial charge >= 0.3 is 0 Å². The summed E-state index contributed by atoms with van der Waals surface area (Å²) in [4.78, 5) is 5.18. The van der Waals surface area contributed by atoms with Gasteiger partial charge in [-0.1, -0.05) is 91.0 Å². The molecular formula is C42H29NOS. The lowest BCUT2D eigenvalue weighted by molar-refractivity contribution is 0.668. The summed E-state index contributed by atoms with van der Waals surface area (Å²) in [5.74, 6) is 0. The van der Waals surface area contributed by atoms with E-state index in [9.17, 15) is 0 Å². The Morgan fingerprint density at radius 2 is 0.867 bits per heavy atom. The minimum absolute atomic E-state index is 0.913. The fourth-order valence-electron chi connectivity index (χ4n) is 6.96. The summed E-state index contributed by atoms with van der Waals surface area (Å²) < 4.78 is 8.68. The van der Waals surface area contributed by atoms with Gasteiger partial charge in [-0.3, -0.25) is 0 Å². The Morgan fingerprint density at radius 3 is 1.58 bits per heavy atom. The quantitative estimate of drug-likeness (QED) is 0.194. The Kier molecular flexibility index (Phi) is 5.93. The van der Waals surface area contributed by atoms with Crippen molar-refractivity contribution in [2.45, 2.75) is 19.6 Å². The average Bonchev–Trinajstić information content (AvgIpc) is 3.65. The fraction of sp³-hybridized carbons (Fsp3) is 0. The summed E-state index contributed by atoms with van der Waals surface area (Å²) in [6, 6.07) is 63.9. The number of hydrogen-bond donors (Lipinski definition) is 0. The van der Waals surface area contributed by atoms with Crippen LogP contribution < -0.4 is 0 Å². The van der Waals surface area contributed by atoms with Gasteiger partial charge < -0.3 is 8.98 Å². The van der Waals surface area contributed by atoms with E-state index >= 15 is 0 Å². The van der Waals surface area contributed by atoms with Crippen molar-refractivity contribution in [2.24, 2.45) is 0 Å². The van der Waals surface area contributed by atoms with Gasteiger partial charge in [-0.05, 0) is 84.9 Å². The van der Waals surface area contributed by atoms with E-state index in [1.54, 1.807) is 0 Å². The lowest BCUT2D eigenvalue weighted by atomic mass is 10.1. The van der Waals surface area contributed by atoms with Crippen molar-refractivity contribution in [1.82, 2.24) is 4.57 Å². The van der Waals surface area contributed by atoms with Gasteiger partial charge in [0.05, 0.1) is 11.0 Å². The highest BCUT2D eigenvalue weighted by atomic mass is 32.3. The molecule has 214 valence electrons. The fourth-order valence-corrected chi connectivity index (χ4v) is 10.9. The van der Waals surface area contributed by atoms with E-state index in [0.717, 1.165) is 21.9 Å². The Morgan fingerprint density at radius 1 is 0.356 bits per heavy atom. The Labute approximate surface area is 263 Å². The second-order valence-electron chi connectivity index (χ2n) is 11.4. The van der Waals surface area contributed by atoms with Gasteiger partial charge in [-0.15, -0.1) is 10.0 Å². The molecule has 0 radical (unpaired) electrons. The van der Waals surface area contributed by atoms with Crippen LogP contribution in [0.15, 0.2) is 200 Å². The number of rotatable bonds is 5. The highest BCUT2D eigenvalue weighted by Gasteiger charge is 2.34. The molecular weight excluding hydrogens is 567 g/mol. The molecule has 0 N–H and O–H groups in total. The van der Waals surface area contributed by atoms with Crippen LogP contribution in [-0.2, 0) is 0 Å². The van der Waals surface area contributed by atoms with E-state index in [2.05, 4.69) is 174 Å². The molecule has 9 rings (SSSR count). The van der Waals surface area contributed by atoms with Gasteiger partial charge in [0, 0.05) is 46.8 Å². The third kappa shape index (κ3) is 3.91. The Bertz CT molecular complexity index is 2440. The van der Waals surface area contributed by atoms with Gasteiger partial charge in [-0.25, -0.2) is 0 Å². The minimum Gasteiger partial charge on any atom is -0.456 e. The first-order valence-electron chi connectivity index (χ1n) is 15.3. The highest BCUT2D eigenvalue weighted by Crippen LogP contribution is 2.74. The van der Waals surface area contributed by atoms with Crippen LogP contribution in [0.5, 0.6) is 0 Å².